The van der Waals surface area contributed by atoms with Crippen LogP contribution in [0.15, 0.2) is 42.5 Å². The van der Waals surface area contributed by atoms with Crippen molar-refractivity contribution in [3.8, 4) is 5.75 Å². The molecule has 0 N–H and O–H groups in total. The molecule has 0 unspecified atom stereocenters. The summed E-state index contributed by atoms with van der Waals surface area (Å²) in [6.07, 6.45) is 0. The summed E-state index contributed by atoms with van der Waals surface area (Å²) in [5.74, 6) is 0.647. The van der Waals surface area contributed by atoms with Gasteiger partial charge in [-0.05, 0) is 53.7 Å². The average molecular weight is 395 g/mol. The van der Waals surface area contributed by atoms with E-state index in [1.807, 2.05) is 65.8 Å². The zero-order valence-corrected chi connectivity index (χ0v) is 18.4. The van der Waals surface area contributed by atoms with E-state index in [0.29, 0.717) is 5.75 Å². The smallest absolute Gasteiger partial charge is 0.508 e. The largest absolute Gasteiger partial charge is 0.770 e. The fraction of sp³-hybridized carbons (Fsp3) is 0.400. The molecule has 0 amide bonds. The molecule has 0 aliphatic rings. The van der Waals surface area contributed by atoms with E-state index in [4.69, 9.17) is 24.0 Å². The molecule has 145 valence electrons. The van der Waals surface area contributed by atoms with Crippen molar-refractivity contribution in [3.63, 3.8) is 0 Å². The molecule has 8 heteroatoms. The van der Waals surface area contributed by atoms with Crippen molar-refractivity contribution in [2.75, 3.05) is 0 Å². The van der Waals surface area contributed by atoms with Crippen molar-refractivity contribution >= 4 is 57.7 Å². The van der Waals surface area contributed by atoms with Gasteiger partial charge in [0.25, 0.3) is 0 Å². The van der Waals surface area contributed by atoms with Gasteiger partial charge in [-0.25, -0.2) is 19.4 Å². The quantitative estimate of drug-likeness (QED) is 0.312. The van der Waals surface area contributed by atoms with Crippen LogP contribution >= 0.6 is 11.3 Å². The summed E-state index contributed by atoms with van der Waals surface area (Å²) in [7, 11) is -1.17. The average Bonchev–Trinajstić information content (AvgIpc) is 2.95. The predicted octanol–water partition coefficient (Wildman–Crippen LogP) is 5.53. The van der Waals surface area contributed by atoms with Gasteiger partial charge in [0.05, 0.1) is 15.9 Å². The zero-order chi connectivity index (χ0) is 19.7. The molecular weight excluding hydrogens is 370 g/mol. The molecule has 0 saturated carbocycles. The predicted molar refractivity (Wildman–Crippen MR) is 115 cm³/mol. The minimum atomic E-state index is -1.17. The summed E-state index contributed by atoms with van der Waals surface area (Å²) in [5, 5.41) is 2.32. The van der Waals surface area contributed by atoms with E-state index in [0.717, 1.165) is 10.1 Å². The van der Waals surface area contributed by atoms with E-state index >= 15 is 0 Å². The zero-order valence-electron chi connectivity index (χ0n) is 17.6. The molecule has 1 aromatic heterocycles. The Morgan fingerprint density at radius 3 is 1.93 bits per heavy atom. The van der Waals surface area contributed by atoms with Crippen molar-refractivity contribution in [3.05, 3.63) is 42.5 Å². The molecule has 3 rings (SSSR count). The molecule has 0 saturated heterocycles. The van der Waals surface area contributed by atoms with Crippen LogP contribution < -0.4 is 4.65 Å². The minimum absolute atomic E-state index is 0. The van der Waals surface area contributed by atoms with Crippen LogP contribution in [0, 0.1) is 0 Å². The standard InChI is InChI=1S/C20H25BO5S.Li/c1-19(2,3)23-25-21(26-24-20(4,5)6)22-16-12-9-11-15-14-10-7-8-13-17(14)27-18(15)16;/h7-13H,1-6H3;. The topological polar surface area (TPSA) is 46.2 Å². The number of fused-ring (bicyclic) bond motifs is 3. The number of hydrogen-bond acceptors (Lipinski definition) is 6. The first-order valence-electron chi connectivity index (χ1n) is 8.88. The summed E-state index contributed by atoms with van der Waals surface area (Å²) < 4.78 is 8.17. The Bertz CT molecular complexity index is 898. The van der Waals surface area contributed by atoms with Crippen LogP contribution in [0.2, 0.25) is 0 Å². The Balaban J connectivity index is 0.00000280. The number of thiophene rings is 1. The summed E-state index contributed by atoms with van der Waals surface area (Å²) >= 11 is 1.66. The minimum Gasteiger partial charge on any atom is -0.508 e. The molecule has 0 atom stereocenters. The van der Waals surface area contributed by atoms with E-state index in [1.54, 1.807) is 11.3 Å². The van der Waals surface area contributed by atoms with Crippen molar-refractivity contribution in [1.82, 2.24) is 0 Å². The Hall–Kier alpha value is -1.04. The summed E-state index contributed by atoms with van der Waals surface area (Å²) in [4.78, 5) is 21.5. The van der Waals surface area contributed by atoms with Crippen LogP contribution in [0.1, 0.15) is 41.5 Å². The molecule has 0 fully saturated rings. The van der Waals surface area contributed by atoms with E-state index in [9.17, 15) is 0 Å². The first-order valence-corrected chi connectivity index (χ1v) is 9.70. The van der Waals surface area contributed by atoms with Gasteiger partial charge in [-0.1, -0.05) is 30.3 Å². The molecule has 0 aliphatic carbocycles. The van der Waals surface area contributed by atoms with Gasteiger partial charge in [-0.15, -0.1) is 11.3 Å². The normalized spacial score (nSPS) is 12.2. The monoisotopic (exact) mass is 395 g/mol. The van der Waals surface area contributed by atoms with Gasteiger partial charge < -0.3 is 4.65 Å². The first kappa shape index (κ1) is 23.2. The third kappa shape index (κ3) is 6.23. The Morgan fingerprint density at radius 2 is 1.32 bits per heavy atom. The van der Waals surface area contributed by atoms with Gasteiger partial charge in [0, 0.05) is 34.3 Å². The second-order valence-electron chi connectivity index (χ2n) is 8.22. The second kappa shape index (κ2) is 9.19. The molecule has 2 aromatic carbocycles. The van der Waals surface area contributed by atoms with Crippen molar-refractivity contribution in [2.45, 2.75) is 52.7 Å². The maximum Gasteiger partial charge on any atom is 0.770 e. The van der Waals surface area contributed by atoms with E-state index < -0.39 is 18.5 Å². The van der Waals surface area contributed by atoms with E-state index in [-0.39, 0.29) is 18.9 Å². The maximum absolute atomic E-state index is 5.96. The summed E-state index contributed by atoms with van der Waals surface area (Å²) in [5.41, 5.74) is -1.04. The molecule has 3 aromatic rings. The van der Waals surface area contributed by atoms with Gasteiger partial charge in [0.2, 0.25) is 0 Å². The molecular formula is C20H25BLiO5S. The van der Waals surface area contributed by atoms with Gasteiger partial charge in [-0.3, -0.25) is 0 Å². The van der Waals surface area contributed by atoms with Crippen molar-refractivity contribution in [1.29, 1.82) is 0 Å². The van der Waals surface area contributed by atoms with Crippen LogP contribution in [-0.4, -0.2) is 37.4 Å². The Labute approximate surface area is 182 Å². The van der Waals surface area contributed by atoms with Gasteiger partial charge in [0.1, 0.15) is 5.75 Å². The van der Waals surface area contributed by atoms with Crippen LogP contribution in [0.25, 0.3) is 20.2 Å². The SMILES string of the molecule is CC(C)(C)OOB(OOC(C)(C)C)Oc1cccc2c1sc1ccccc12.[Li]. The summed E-state index contributed by atoms with van der Waals surface area (Å²) in [6.45, 7) is 11.3. The first-order chi connectivity index (χ1) is 12.6. The number of benzene rings is 2. The van der Waals surface area contributed by atoms with Gasteiger partial charge in [-0.2, -0.15) is 0 Å². The molecule has 1 heterocycles. The fourth-order valence-electron chi connectivity index (χ4n) is 2.34. The Morgan fingerprint density at radius 1 is 0.750 bits per heavy atom. The molecule has 5 nitrogen and oxygen atoms in total. The van der Waals surface area contributed by atoms with E-state index in [1.165, 1.54) is 10.1 Å². The van der Waals surface area contributed by atoms with Crippen molar-refractivity contribution in [2.24, 2.45) is 0 Å². The number of rotatable bonds is 6. The molecule has 28 heavy (non-hydrogen) atoms. The molecule has 1 radical (unpaired) electrons. The Kier molecular flexibility index (Phi) is 7.63. The van der Waals surface area contributed by atoms with Crippen LogP contribution in [0.3, 0.4) is 0 Å². The molecule has 0 bridgehead atoms. The third-order valence-corrected chi connectivity index (χ3v) is 4.55. The van der Waals surface area contributed by atoms with Crippen LogP contribution in [-0.2, 0) is 19.4 Å². The number of hydrogen-bond donors (Lipinski definition) is 0. The van der Waals surface area contributed by atoms with Crippen molar-refractivity contribution < 1.29 is 24.0 Å². The molecule has 0 aliphatic heterocycles. The second-order valence-corrected chi connectivity index (χ2v) is 9.27. The van der Waals surface area contributed by atoms with Gasteiger partial charge in [0.15, 0.2) is 0 Å². The third-order valence-electron chi connectivity index (χ3n) is 3.34. The summed E-state index contributed by atoms with van der Waals surface area (Å²) in [6, 6.07) is 14.2. The van der Waals surface area contributed by atoms with Gasteiger partial charge >= 0.3 is 7.32 Å². The maximum atomic E-state index is 5.96. The molecule has 0 spiro atoms. The van der Waals surface area contributed by atoms with E-state index in [2.05, 4.69) is 18.2 Å². The van der Waals surface area contributed by atoms with Crippen LogP contribution in [0.5, 0.6) is 5.75 Å². The fourth-order valence-corrected chi connectivity index (χ4v) is 3.50. The van der Waals surface area contributed by atoms with Crippen LogP contribution in [0.4, 0.5) is 0 Å².